The van der Waals surface area contributed by atoms with Crippen molar-refractivity contribution in [2.45, 2.75) is 43.6 Å². The Bertz CT molecular complexity index is 601. The van der Waals surface area contributed by atoms with Crippen molar-refractivity contribution >= 4 is 42.3 Å². The molecule has 0 radical (unpaired) electrons. The summed E-state index contributed by atoms with van der Waals surface area (Å²) in [5.74, 6) is -6.20. The summed E-state index contributed by atoms with van der Waals surface area (Å²) < 4.78 is 0. The van der Waals surface area contributed by atoms with E-state index in [4.69, 9.17) is 21.1 Å². The van der Waals surface area contributed by atoms with E-state index in [0.29, 0.717) is 0 Å². The lowest BCUT2D eigenvalue weighted by atomic mass is 10.1. The fourth-order valence-corrected chi connectivity index (χ4v) is 2.02. The van der Waals surface area contributed by atoms with E-state index in [-0.39, 0.29) is 5.75 Å². The van der Waals surface area contributed by atoms with E-state index in [1.54, 1.807) is 0 Å². The second-order valence-corrected chi connectivity index (χ2v) is 6.12. The molecular formula is C14H24N4O9S. The van der Waals surface area contributed by atoms with E-state index < -0.39 is 73.0 Å². The van der Waals surface area contributed by atoms with Crippen molar-refractivity contribution in [3.63, 3.8) is 0 Å². The number of carbonyl (C=O) groups excluding carboxylic acids is 3. The van der Waals surface area contributed by atoms with Crippen LogP contribution in [0.2, 0.25) is 0 Å². The SMILES string of the molecule is CC(O)C(NC(=O)C(CC(=O)O)NC(=O)C(N)CS)C(=O)NC(CO)C(=O)O. The van der Waals surface area contributed by atoms with E-state index in [1.165, 1.54) is 0 Å². The van der Waals surface area contributed by atoms with Gasteiger partial charge in [0.05, 0.1) is 25.2 Å². The molecule has 13 nitrogen and oxygen atoms in total. The van der Waals surface area contributed by atoms with Gasteiger partial charge in [0, 0.05) is 5.75 Å². The summed E-state index contributed by atoms with van der Waals surface area (Å²) in [6, 6.07) is -6.12. The van der Waals surface area contributed by atoms with Crippen LogP contribution in [0.4, 0.5) is 0 Å². The van der Waals surface area contributed by atoms with Gasteiger partial charge in [0.2, 0.25) is 17.7 Å². The fraction of sp³-hybridized carbons (Fsp3) is 0.643. The molecule has 0 saturated carbocycles. The molecule has 3 amide bonds. The van der Waals surface area contributed by atoms with Crippen molar-refractivity contribution in [2.75, 3.05) is 12.4 Å². The Balaban J connectivity index is 5.32. The summed E-state index contributed by atoms with van der Waals surface area (Å²) in [7, 11) is 0. The molecule has 14 heteroatoms. The van der Waals surface area contributed by atoms with E-state index in [2.05, 4.69) is 17.9 Å². The van der Waals surface area contributed by atoms with Crippen LogP contribution in [-0.4, -0.2) is 92.7 Å². The van der Waals surface area contributed by atoms with Crippen molar-refractivity contribution in [3.8, 4) is 0 Å². The number of nitrogens with one attached hydrogen (secondary N) is 3. The van der Waals surface area contributed by atoms with Gasteiger partial charge in [0.15, 0.2) is 0 Å². The van der Waals surface area contributed by atoms with Gasteiger partial charge in [-0.2, -0.15) is 12.6 Å². The summed E-state index contributed by atoms with van der Waals surface area (Å²) in [4.78, 5) is 58.1. The molecular weight excluding hydrogens is 400 g/mol. The Labute approximate surface area is 165 Å². The van der Waals surface area contributed by atoms with Crippen LogP contribution in [0, 0.1) is 0 Å². The minimum atomic E-state index is -1.69. The molecule has 9 N–H and O–H groups in total. The highest BCUT2D eigenvalue weighted by Crippen LogP contribution is 2.00. The Morgan fingerprint density at radius 3 is 1.89 bits per heavy atom. The van der Waals surface area contributed by atoms with Crippen LogP contribution in [0.15, 0.2) is 0 Å². The highest BCUT2D eigenvalue weighted by molar-refractivity contribution is 7.80. The van der Waals surface area contributed by atoms with Crippen LogP contribution >= 0.6 is 12.6 Å². The number of carboxylic acid groups (broad SMARTS) is 2. The molecule has 0 saturated heterocycles. The number of rotatable bonds is 12. The number of aliphatic hydroxyl groups is 2. The molecule has 28 heavy (non-hydrogen) atoms. The van der Waals surface area contributed by atoms with Gasteiger partial charge in [0.25, 0.3) is 0 Å². The molecule has 5 unspecified atom stereocenters. The van der Waals surface area contributed by atoms with Gasteiger partial charge in [-0.25, -0.2) is 4.79 Å². The molecule has 0 rings (SSSR count). The minimum absolute atomic E-state index is 0.0797. The van der Waals surface area contributed by atoms with E-state index >= 15 is 0 Å². The average molecular weight is 424 g/mol. The second-order valence-electron chi connectivity index (χ2n) is 5.76. The summed E-state index contributed by atoms with van der Waals surface area (Å²) in [6.07, 6.45) is -2.36. The first-order valence-corrected chi connectivity index (χ1v) is 8.58. The molecule has 0 aromatic carbocycles. The third-order valence-corrected chi connectivity index (χ3v) is 3.80. The van der Waals surface area contributed by atoms with Gasteiger partial charge in [0.1, 0.15) is 18.1 Å². The molecule has 0 fully saturated rings. The topological polar surface area (TPSA) is 228 Å². The number of aliphatic carboxylic acids is 2. The van der Waals surface area contributed by atoms with Crippen molar-refractivity contribution in [2.24, 2.45) is 5.73 Å². The standard InChI is InChI=1S/C14H24N4O9S/c1-5(20)10(13(25)17-8(3-19)14(26)27)18-12(24)7(2-9(21)22)16-11(23)6(15)4-28/h5-8,10,19-20,28H,2-4,15H2,1H3,(H,16,23)(H,17,25)(H,18,24)(H,21,22)(H,26,27). The zero-order valence-corrected chi connectivity index (χ0v) is 15.8. The number of hydrogen-bond donors (Lipinski definition) is 9. The first-order valence-electron chi connectivity index (χ1n) is 7.95. The Hall–Kier alpha value is -2.42. The van der Waals surface area contributed by atoms with Crippen molar-refractivity contribution in [3.05, 3.63) is 0 Å². The molecule has 0 aliphatic carbocycles. The number of hydrogen-bond acceptors (Lipinski definition) is 9. The van der Waals surface area contributed by atoms with Crippen LogP contribution in [0.25, 0.3) is 0 Å². The molecule has 0 bridgehead atoms. The maximum atomic E-state index is 12.3. The molecule has 5 atom stereocenters. The number of amides is 3. The largest absolute Gasteiger partial charge is 0.481 e. The van der Waals surface area contributed by atoms with Gasteiger partial charge in [-0.15, -0.1) is 0 Å². The monoisotopic (exact) mass is 424 g/mol. The maximum Gasteiger partial charge on any atom is 0.328 e. The summed E-state index contributed by atoms with van der Waals surface area (Å²) >= 11 is 3.81. The van der Waals surface area contributed by atoms with Crippen LogP contribution < -0.4 is 21.7 Å². The first-order chi connectivity index (χ1) is 12.9. The second kappa shape index (κ2) is 12.1. The predicted molar refractivity (Wildman–Crippen MR) is 96.3 cm³/mol. The average Bonchev–Trinajstić information content (AvgIpc) is 2.61. The lowest BCUT2D eigenvalue weighted by Crippen LogP contribution is -2.60. The lowest BCUT2D eigenvalue weighted by molar-refractivity contribution is -0.144. The number of aliphatic hydroxyl groups excluding tert-OH is 2. The Morgan fingerprint density at radius 1 is 0.964 bits per heavy atom. The van der Waals surface area contributed by atoms with Crippen LogP contribution in [-0.2, 0) is 24.0 Å². The number of carbonyl (C=O) groups is 5. The highest BCUT2D eigenvalue weighted by Gasteiger charge is 2.33. The molecule has 0 spiro atoms. The summed E-state index contributed by atoms with van der Waals surface area (Å²) in [6.45, 7) is 0.168. The summed E-state index contributed by atoms with van der Waals surface area (Å²) in [5, 5.41) is 42.4. The van der Waals surface area contributed by atoms with E-state index in [0.717, 1.165) is 6.92 Å². The molecule has 160 valence electrons. The first kappa shape index (κ1) is 25.6. The van der Waals surface area contributed by atoms with Crippen LogP contribution in [0.1, 0.15) is 13.3 Å². The maximum absolute atomic E-state index is 12.3. The van der Waals surface area contributed by atoms with Gasteiger partial charge >= 0.3 is 11.9 Å². The smallest absolute Gasteiger partial charge is 0.328 e. The molecule has 0 heterocycles. The van der Waals surface area contributed by atoms with Crippen molar-refractivity contribution in [1.82, 2.24) is 16.0 Å². The molecule has 0 aromatic rings. The highest BCUT2D eigenvalue weighted by atomic mass is 32.1. The third-order valence-electron chi connectivity index (χ3n) is 3.40. The zero-order chi connectivity index (χ0) is 22.0. The number of nitrogens with two attached hydrogens (primary N) is 1. The van der Waals surface area contributed by atoms with Gasteiger partial charge in [-0.3, -0.25) is 19.2 Å². The molecule has 0 aliphatic heterocycles. The summed E-state index contributed by atoms with van der Waals surface area (Å²) in [5.41, 5.74) is 5.44. The van der Waals surface area contributed by atoms with Crippen molar-refractivity contribution in [1.29, 1.82) is 0 Å². The van der Waals surface area contributed by atoms with Crippen LogP contribution in [0.3, 0.4) is 0 Å². The zero-order valence-electron chi connectivity index (χ0n) is 14.9. The van der Waals surface area contributed by atoms with E-state index in [1.807, 2.05) is 10.6 Å². The van der Waals surface area contributed by atoms with Gasteiger partial charge in [-0.05, 0) is 6.92 Å². The molecule has 0 aliphatic rings. The lowest BCUT2D eigenvalue weighted by Gasteiger charge is -2.25. The predicted octanol–water partition coefficient (Wildman–Crippen LogP) is -4.37. The van der Waals surface area contributed by atoms with Crippen LogP contribution in [0.5, 0.6) is 0 Å². The van der Waals surface area contributed by atoms with Crippen molar-refractivity contribution < 1.29 is 44.4 Å². The van der Waals surface area contributed by atoms with Gasteiger partial charge in [-0.1, -0.05) is 0 Å². The Morgan fingerprint density at radius 2 is 1.50 bits per heavy atom. The molecule has 0 aromatic heterocycles. The van der Waals surface area contributed by atoms with Gasteiger partial charge < -0.3 is 42.1 Å². The normalized spacial score (nSPS) is 16.0. The third kappa shape index (κ3) is 8.51. The van der Waals surface area contributed by atoms with E-state index in [9.17, 15) is 29.1 Å². The minimum Gasteiger partial charge on any atom is -0.481 e. The number of carboxylic acids is 2. The Kier molecular flexibility index (Phi) is 11.1. The quantitative estimate of drug-likeness (QED) is 0.137. The fourth-order valence-electron chi connectivity index (χ4n) is 1.85. The number of thiol groups is 1.